The van der Waals surface area contributed by atoms with E-state index < -0.39 is 5.82 Å². The van der Waals surface area contributed by atoms with Gasteiger partial charge in [0, 0.05) is 11.6 Å². The lowest BCUT2D eigenvalue weighted by atomic mass is 10.2. The van der Waals surface area contributed by atoms with Crippen LogP contribution in [0.15, 0.2) is 42.5 Å². The van der Waals surface area contributed by atoms with Crippen molar-refractivity contribution in [2.75, 3.05) is 26.0 Å². The van der Waals surface area contributed by atoms with Gasteiger partial charge in [-0.15, -0.1) is 0 Å². The minimum absolute atomic E-state index is 0.0808. The van der Waals surface area contributed by atoms with E-state index in [0.29, 0.717) is 11.6 Å². The molecule has 0 aromatic heterocycles. The predicted molar refractivity (Wildman–Crippen MR) is 89.4 cm³/mol. The first-order chi connectivity index (χ1) is 11.0. The molecule has 2 aromatic rings. The lowest BCUT2D eigenvalue weighted by Gasteiger charge is -2.17. The molecule has 2 aromatic carbocycles. The Labute approximate surface area is 139 Å². The smallest absolute Gasteiger partial charge is 0.238 e. The first-order valence-electron chi connectivity index (χ1n) is 7.04. The average molecular weight is 337 g/mol. The number of hydrogen-bond acceptors (Lipinski definition) is 3. The summed E-state index contributed by atoms with van der Waals surface area (Å²) < 4.78 is 18.8. The number of carbonyl (C=O) groups is 1. The van der Waals surface area contributed by atoms with Crippen LogP contribution in [0.3, 0.4) is 0 Å². The number of carbonyl (C=O) groups excluding carboxylic acids is 1. The topological polar surface area (TPSA) is 41.6 Å². The van der Waals surface area contributed by atoms with Crippen LogP contribution in [0.1, 0.15) is 5.56 Å². The van der Waals surface area contributed by atoms with E-state index >= 15 is 0 Å². The molecule has 0 atom stereocenters. The molecule has 0 unspecified atom stereocenters. The number of amides is 1. The van der Waals surface area contributed by atoms with Crippen molar-refractivity contribution in [3.63, 3.8) is 0 Å². The molecule has 4 nitrogen and oxygen atoms in total. The van der Waals surface area contributed by atoms with E-state index in [4.69, 9.17) is 16.3 Å². The summed E-state index contributed by atoms with van der Waals surface area (Å²) in [4.78, 5) is 13.8. The number of halogens is 2. The molecule has 0 saturated heterocycles. The molecule has 23 heavy (non-hydrogen) atoms. The predicted octanol–water partition coefficient (Wildman–Crippen LogP) is 3.56. The number of nitrogens with zero attached hydrogens (tertiary/aromatic N) is 1. The first-order valence-corrected chi connectivity index (χ1v) is 7.42. The number of hydrogen-bond donors (Lipinski definition) is 1. The number of rotatable bonds is 6. The van der Waals surface area contributed by atoms with Crippen molar-refractivity contribution in [1.29, 1.82) is 0 Å². The third-order valence-corrected chi connectivity index (χ3v) is 3.44. The third-order valence-electron chi connectivity index (χ3n) is 3.20. The molecular weight excluding hydrogens is 319 g/mol. The summed E-state index contributed by atoms with van der Waals surface area (Å²) in [6, 6.07) is 11.6. The quantitative estimate of drug-likeness (QED) is 0.877. The van der Waals surface area contributed by atoms with E-state index in [-0.39, 0.29) is 18.1 Å². The maximum atomic E-state index is 13.6. The zero-order chi connectivity index (χ0) is 16.8. The van der Waals surface area contributed by atoms with Crippen molar-refractivity contribution in [1.82, 2.24) is 4.90 Å². The van der Waals surface area contributed by atoms with Gasteiger partial charge in [0.05, 0.1) is 19.3 Å². The van der Waals surface area contributed by atoms with Gasteiger partial charge in [-0.2, -0.15) is 0 Å². The van der Waals surface area contributed by atoms with Crippen LogP contribution in [-0.2, 0) is 11.3 Å². The molecule has 0 radical (unpaired) electrons. The van der Waals surface area contributed by atoms with Gasteiger partial charge in [-0.25, -0.2) is 4.39 Å². The van der Waals surface area contributed by atoms with Gasteiger partial charge in [0.2, 0.25) is 5.91 Å². The highest BCUT2D eigenvalue weighted by molar-refractivity contribution is 6.30. The maximum Gasteiger partial charge on any atom is 0.238 e. The van der Waals surface area contributed by atoms with E-state index in [9.17, 15) is 9.18 Å². The van der Waals surface area contributed by atoms with Crippen molar-refractivity contribution in [2.24, 2.45) is 0 Å². The molecule has 0 fully saturated rings. The zero-order valence-electron chi connectivity index (χ0n) is 13.0. The zero-order valence-corrected chi connectivity index (χ0v) is 13.7. The second-order valence-corrected chi connectivity index (χ2v) is 5.63. The molecule has 1 N–H and O–H groups in total. The number of anilines is 1. The standard InChI is InChI=1S/C17H18ClFN2O2/c1-21(10-12-4-3-5-14(8-12)23-2)11-17(22)20-16-9-13(18)6-7-15(16)19/h3-9H,10-11H2,1-2H3,(H,20,22). The van der Waals surface area contributed by atoms with E-state index in [0.717, 1.165) is 11.3 Å². The van der Waals surface area contributed by atoms with Gasteiger partial charge < -0.3 is 10.1 Å². The van der Waals surface area contributed by atoms with Gasteiger partial charge in [0.25, 0.3) is 0 Å². The Morgan fingerprint density at radius 1 is 1.30 bits per heavy atom. The highest BCUT2D eigenvalue weighted by Gasteiger charge is 2.11. The molecule has 0 heterocycles. The van der Waals surface area contributed by atoms with Gasteiger partial charge in [-0.1, -0.05) is 23.7 Å². The largest absolute Gasteiger partial charge is 0.497 e. The summed E-state index contributed by atoms with van der Waals surface area (Å²) in [5.74, 6) is -0.0592. The summed E-state index contributed by atoms with van der Waals surface area (Å²) in [6.45, 7) is 0.700. The van der Waals surface area contributed by atoms with Crippen molar-refractivity contribution < 1.29 is 13.9 Å². The van der Waals surface area contributed by atoms with Crippen LogP contribution in [0.25, 0.3) is 0 Å². The lowest BCUT2D eigenvalue weighted by molar-refractivity contribution is -0.117. The molecule has 0 aliphatic heterocycles. The Balaban J connectivity index is 1.92. The van der Waals surface area contributed by atoms with Crippen molar-refractivity contribution in [2.45, 2.75) is 6.54 Å². The van der Waals surface area contributed by atoms with E-state index in [1.807, 2.05) is 36.2 Å². The van der Waals surface area contributed by atoms with Crippen molar-refractivity contribution in [3.05, 3.63) is 58.9 Å². The van der Waals surface area contributed by atoms with Crippen LogP contribution in [0.4, 0.5) is 10.1 Å². The fourth-order valence-electron chi connectivity index (χ4n) is 2.17. The van der Waals surface area contributed by atoms with E-state index in [2.05, 4.69) is 5.32 Å². The molecule has 122 valence electrons. The minimum atomic E-state index is -0.516. The summed E-state index contributed by atoms with van der Waals surface area (Å²) >= 11 is 5.80. The summed E-state index contributed by atoms with van der Waals surface area (Å²) in [6.07, 6.45) is 0. The molecule has 0 bridgehead atoms. The Morgan fingerprint density at radius 3 is 2.83 bits per heavy atom. The fraction of sp³-hybridized carbons (Fsp3) is 0.235. The number of likely N-dealkylation sites (N-methyl/N-ethyl adjacent to an activating group) is 1. The van der Waals surface area contributed by atoms with Crippen LogP contribution in [-0.4, -0.2) is 31.5 Å². The number of nitrogens with one attached hydrogen (secondary N) is 1. The lowest BCUT2D eigenvalue weighted by Crippen LogP contribution is -2.30. The van der Waals surface area contributed by atoms with Gasteiger partial charge in [-0.3, -0.25) is 9.69 Å². The van der Waals surface area contributed by atoms with Crippen molar-refractivity contribution >= 4 is 23.2 Å². The molecule has 0 aliphatic rings. The second-order valence-electron chi connectivity index (χ2n) is 5.20. The molecule has 0 saturated carbocycles. The van der Waals surface area contributed by atoms with E-state index in [1.165, 1.54) is 18.2 Å². The number of methoxy groups -OCH3 is 1. The van der Waals surface area contributed by atoms with Crippen LogP contribution in [0, 0.1) is 5.82 Å². The van der Waals surface area contributed by atoms with Gasteiger partial charge in [0.1, 0.15) is 11.6 Å². The van der Waals surface area contributed by atoms with Crippen molar-refractivity contribution in [3.8, 4) is 5.75 Å². The molecule has 1 amide bonds. The highest BCUT2D eigenvalue weighted by atomic mass is 35.5. The fourth-order valence-corrected chi connectivity index (χ4v) is 2.34. The Bertz CT molecular complexity index is 694. The Kier molecular flexibility index (Phi) is 5.96. The minimum Gasteiger partial charge on any atom is -0.497 e. The number of ether oxygens (including phenoxy) is 1. The highest BCUT2D eigenvalue weighted by Crippen LogP contribution is 2.19. The summed E-state index contributed by atoms with van der Waals surface area (Å²) in [7, 11) is 3.42. The molecule has 0 spiro atoms. The molecule has 2 rings (SSSR count). The second kappa shape index (κ2) is 7.94. The summed E-state index contributed by atoms with van der Waals surface area (Å²) in [5.41, 5.74) is 1.10. The van der Waals surface area contributed by atoms with Crippen LogP contribution in [0.5, 0.6) is 5.75 Å². The van der Waals surface area contributed by atoms with Crippen LogP contribution >= 0.6 is 11.6 Å². The Morgan fingerprint density at radius 2 is 2.09 bits per heavy atom. The van der Waals surface area contributed by atoms with Gasteiger partial charge in [0.15, 0.2) is 0 Å². The number of benzene rings is 2. The summed E-state index contributed by atoms with van der Waals surface area (Å²) in [5, 5.41) is 2.89. The van der Waals surface area contributed by atoms with Crippen LogP contribution < -0.4 is 10.1 Å². The normalized spacial score (nSPS) is 10.7. The molecule has 6 heteroatoms. The van der Waals surface area contributed by atoms with Crippen LogP contribution in [0.2, 0.25) is 5.02 Å². The van der Waals surface area contributed by atoms with Gasteiger partial charge >= 0.3 is 0 Å². The Hall–Kier alpha value is -2.11. The van der Waals surface area contributed by atoms with E-state index in [1.54, 1.807) is 7.11 Å². The third kappa shape index (κ3) is 5.23. The molecular formula is C17H18ClFN2O2. The van der Waals surface area contributed by atoms with Gasteiger partial charge in [-0.05, 0) is 42.9 Å². The monoisotopic (exact) mass is 336 g/mol. The maximum absolute atomic E-state index is 13.6. The SMILES string of the molecule is COc1cccc(CN(C)CC(=O)Nc2cc(Cl)ccc2F)c1. The first kappa shape index (κ1) is 17.2. The average Bonchev–Trinajstić information content (AvgIpc) is 2.50. The molecule has 0 aliphatic carbocycles.